The summed E-state index contributed by atoms with van der Waals surface area (Å²) in [6.07, 6.45) is 7.21. The summed E-state index contributed by atoms with van der Waals surface area (Å²) in [5.74, 6) is 0. The number of aryl methyl sites for hydroxylation is 1. The highest BCUT2D eigenvalue weighted by molar-refractivity contribution is 5.74. The fourth-order valence-corrected chi connectivity index (χ4v) is 1.52. The highest BCUT2D eigenvalue weighted by Crippen LogP contribution is 2.08. The van der Waals surface area contributed by atoms with Gasteiger partial charge >= 0.3 is 0 Å². The number of carbonyl (C=O) groups is 1. The van der Waals surface area contributed by atoms with Gasteiger partial charge in [0.15, 0.2) is 0 Å². The van der Waals surface area contributed by atoms with Gasteiger partial charge < -0.3 is 0 Å². The van der Waals surface area contributed by atoms with Crippen LogP contribution in [0.5, 0.6) is 0 Å². The zero-order valence-corrected chi connectivity index (χ0v) is 10.8. The standard InChI is InChI=1S/C13H18O.C2H6/c1-2-3-4-5-6-12-7-9-13(11-14)10-8-12;1-2/h7-11H,2-6H2,1H3;1-2H3. The molecular formula is C15H24O. The summed E-state index contributed by atoms with van der Waals surface area (Å²) in [6, 6.07) is 7.88. The number of carbonyl (C=O) groups excluding carboxylic acids is 1. The maximum Gasteiger partial charge on any atom is 0.150 e. The molecule has 0 fully saturated rings. The third-order valence-electron chi connectivity index (χ3n) is 2.43. The van der Waals surface area contributed by atoms with Crippen molar-refractivity contribution in [2.75, 3.05) is 0 Å². The highest BCUT2D eigenvalue weighted by Gasteiger charge is 1.94. The Balaban J connectivity index is 0.00000106. The van der Waals surface area contributed by atoms with Crippen LogP contribution in [0.4, 0.5) is 0 Å². The van der Waals surface area contributed by atoms with Crippen LogP contribution in [0.15, 0.2) is 24.3 Å². The fourth-order valence-electron chi connectivity index (χ4n) is 1.52. The number of unbranched alkanes of at least 4 members (excludes halogenated alkanes) is 3. The summed E-state index contributed by atoms with van der Waals surface area (Å²) < 4.78 is 0. The lowest BCUT2D eigenvalue weighted by molar-refractivity contribution is 0.112. The third-order valence-corrected chi connectivity index (χ3v) is 2.43. The molecule has 0 heterocycles. The van der Waals surface area contributed by atoms with Crippen LogP contribution in [0, 0.1) is 0 Å². The van der Waals surface area contributed by atoms with Crippen molar-refractivity contribution in [3.8, 4) is 0 Å². The summed E-state index contributed by atoms with van der Waals surface area (Å²) in [6.45, 7) is 6.22. The molecule has 0 saturated carbocycles. The molecule has 0 N–H and O–H groups in total. The SMILES string of the molecule is CC.CCCCCCc1ccc(C=O)cc1. The Morgan fingerprint density at radius 2 is 1.62 bits per heavy atom. The average molecular weight is 220 g/mol. The van der Waals surface area contributed by atoms with Crippen LogP contribution in [0.3, 0.4) is 0 Å². The number of rotatable bonds is 6. The zero-order chi connectivity index (χ0) is 12.2. The fraction of sp³-hybridized carbons (Fsp3) is 0.533. The van der Waals surface area contributed by atoms with Gasteiger partial charge in [-0.05, 0) is 18.4 Å². The van der Waals surface area contributed by atoms with Gasteiger partial charge in [-0.3, -0.25) is 4.79 Å². The second-order valence-corrected chi connectivity index (χ2v) is 3.67. The van der Waals surface area contributed by atoms with Gasteiger partial charge in [0.2, 0.25) is 0 Å². The largest absolute Gasteiger partial charge is 0.298 e. The number of aldehydes is 1. The number of hydrogen-bond acceptors (Lipinski definition) is 1. The Morgan fingerprint density at radius 1 is 1.00 bits per heavy atom. The van der Waals surface area contributed by atoms with E-state index in [0.29, 0.717) is 0 Å². The van der Waals surface area contributed by atoms with Crippen molar-refractivity contribution in [2.24, 2.45) is 0 Å². The second-order valence-electron chi connectivity index (χ2n) is 3.67. The average Bonchev–Trinajstić information content (AvgIpc) is 2.38. The monoisotopic (exact) mass is 220 g/mol. The lowest BCUT2D eigenvalue weighted by atomic mass is 10.1. The van der Waals surface area contributed by atoms with Crippen LogP contribution < -0.4 is 0 Å². The Labute approximate surface area is 99.9 Å². The lowest BCUT2D eigenvalue weighted by Gasteiger charge is -2.00. The Bertz CT molecular complexity index is 261. The van der Waals surface area contributed by atoms with Crippen LogP contribution in [0.25, 0.3) is 0 Å². The van der Waals surface area contributed by atoms with Crippen molar-refractivity contribution in [2.45, 2.75) is 52.9 Å². The van der Waals surface area contributed by atoms with E-state index in [1.54, 1.807) is 0 Å². The van der Waals surface area contributed by atoms with E-state index in [1.165, 1.54) is 31.2 Å². The molecule has 0 aliphatic rings. The van der Waals surface area contributed by atoms with Crippen LogP contribution >= 0.6 is 0 Å². The number of benzene rings is 1. The Kier molecular flexibility index (Phi) is 9.69. The normalized spacial score (nSPS) is 9.19. The molecule has 0 spiro atoms. The van der Waals surface area contributed by atoms with Gasteiger partial charge in [0, 0.05) is 5.56 Å². The first kappa shape index (κ1) is 14.9. The summed E-state index contributed by atoms with van der Waals surface area (Å²) in [5, 5.41) is 0. The van der Waals surface area contributed by atoms with Gasteiger partial charge in [0.1, 0.15) is 6.29 Å². The molecule has 90 valence electrons. The van der Waals surface area contributed by atoms with E-state index >= 15 is 0 Å². The van der Waals surface area contributed by atoms with Crippen LogP contribution in [0.1, 0.15) is 62.4 Å². The summed E-state index contributed by atoms with van der Waals surface area (Å²) in [5.41, 5.74) is 2.11. The minimum Gasteiger partial charge on any atom is -0.298 e. The molecule has 0 aliphatic heterocycles. The van der Waals surface area contributed by atoms with E-state index in [1.807, 2.05) is 26.0 Å². The minimum atomic E-state index is 0.766. The van der Waals surface area contributed by atoms with Crippen LogP contribution in [-0.2, 0) is 6.42 Å². The Morgan fingerprint density at radius 3 is 2.12 bits per heavy atom. The van der Waals surface area contributed by atoms with E-state index in [2.05, 4.69) is 19.1 Å². The van der Waals surface area contributed by atoms with Crippen LogP contribution in [-0.4, -0.2) is 6.29 Å². The van der Waals surface area contributed by atoms with Crippen molar-refractivity contribution in [1.82, 2.24) is 0 Å². The van der Waals surface area contributed by atoms with E-state index in [-0.39, 0.29) is 0 Å². The molecule has 0 radical (unpaired) electrons. The van der Waals surface area contributed by atoms with Gasteiger partial charge in [-0.15, -0.1) is 0 Å². The molecule has 1 nitrogen and oxygen atoms in total. The van der Waals surface area contributed by atoms with Gasteiger partial charge in [0.05, 0.1) is 0 Å². The van der Waals surface area contributed by atoms with Gasteiger partial charge in [-0.2, -0.15) is 0 Å². The third kappa shape index (κ3) is 6.39. The van der Waals surface area contributed by atoms with Crippen molar-refractivity contribution in [3.05, 3.63) is 35.4 Å². The molecule has 0 bridgehead atoms. The molecular weight excluding hydrogens is 196 g/mol. The molecule has 0 aliphatic carbocycles. The van der Waals surface area contributed by atoms with Crippen molar-refractivity contribution in [3.63, 3.8) is 0 Å². The minimum absolute atomic E-state index is 0.766. The van der Waals surface area contributed by atoms with Crippen LogP contribution in [0.2, 0.25) is 0 Å². The predicted molar refractivity (Wildman–Crippen MR) is 71.0 cm³/mol. The molecule has 0 amide bonds. The maximum absolute atomic E-state index is 10.4. The molecule has 0 aromatic heterocycles. The summed E-state index contributed by atoms with van der Waals surface area (Å²) in [7, 11) is 0. The summed E-state index contributed by atoms with van der Waals surface area (Å²) >= 11 is 0. The summed E-state index contributed by atoms with van der Waals surface area (Å²) in [4.78, 5) is 10.4. The first-order valence-corrected chi connectivity index (χ1v) is 6.41. The van der Waals surface area contributed by atoms with E-state index in [0.717, 1.165) is 18.3 Å². The topological polar surface area (TPSA) is 17.1 Å². The van der Waals surface area contributed by atoms with Crippen molar-refractivity contribution < 1.29 is 4.79 Å². The van der Waals surface area contributed by atoms with Gasteiger partial charge in [-0.25, -0.2) is 0 Å². The Hall–Kier alpha value is -1.11. The molecule has 0 unspecified atom stereocenters. The molecule has 1 aromatic rings. The quantitative estimate of drug-likeness (QED) is 0.504. The van der Waals surface area contributed by atoms with Crippen molar-refractivity contribution in [1.29, 1.82) is 0 Å². The lowest BCUT2D eigenvalue weighted by Crippen LogP contribution is -1.87. The smallest absolute Gasteiger partial charge is 0.150 e. The second kappa shape index (κ2) is 10.4. The molecule has 0 saturated heterocycles. The number of hydrogen-bond donors (Lipinski definition) is 0. The zero-order valence-electron chi connectivity index (χ0n) is 10.8. The molecule has 1 rings (SSSR count). The van der Waals surface area contributed by atoms with E-state index in [4.69, 9.17) is 0 Å². The first-order chi connectivity index (χ1) is 7.86. The molecule has 0 atom stereocenters. The van der Waals surface area contributed by atoms with Gasteiger partial charge in [-0.1, -0.05) is 64.3 Å². The van der Waals surface area contributed by atoms with E-state index in [9.17, 15) is 4.79 Å². The molecule has 1 aromatic carbocycles. The molecule has 1 heteroatoms. The highest BCUT2D eigenvalue weighted by atomic mass is 16.1. The molecule has 16 heavy (non-hydrogen) atoms. The maximum atomic E-state index is 10.4. The first-order valence-electron chi connectivity index (χ1n) is 6.41. The van der Waals surface area contributed by atoms with Crippen molar-refractivity contribution >= 4 is 6.29 Å². The van der Waals surface area contributed by atoms with Gasteiger partial charge in [0.25, 0.3) is 0 Å². The predicted octanol–water partition coefficient (Wildman–Crippen LogP) is 4.65. The van der Waals surface area contributed by atoms with E-state index < -0.39 is 0 Å².